The van der Waals surface area contributed by atoms with Crippen LogP contribution in [0.25, 0.3) is 11.4 Å². The number of rotatable bonds is 4. The van der Waals surface area contributed by atoms with E-state index >= 15 is 0 Å². The fourth-order valence-electron chi connectivity index (χ4n) is 2.05. The minimum atomic E-state index is -0.216. The number of aryl methyl sites for hydroxylation is 1. The zero-order chi connectivity index (χ0) is 16.2. The average molecular weight is 372 g/mol. The van der Waals surface area contributed by atoms with E-state index in [2.05, 4.69) is 36.7 Å². The van der Waals surface area contributed by atoms with E-state index in [1.54, 1.807) is 0 Å². The molecular weight excluding hydrogens is 358 g/mol. The molecule has 0 aliphatic carbocycles. The number of benzene rings is 2. The van der Waals surface area contributed by atoms with Crippen molar-refractivity contribution in [1.82, 2.24) is 20.2 Å². The van der Waals surface area contributed by atoms with Crippen molar-refractivity contribution in [2.45, 2.75) is 13.5 Å². The van der Waals surface area contributed by atoms with E-state index in [0.29, 0.717) is 11.5 Å². The molecule has 1 heterocycles. The second-order valence-electron chi connectivity index (χ2n) is 5.04. The fraction of sp³-hybridized carbons (Fsp3) is 0.125. The van der Waals surface area contributed by atoms with Crippen molar-refractivity contribution in [2.75, 3.05) is 5.32 Å². The third kappa shape index (κ3) is 3.81. The highest BCUT2D eigenvalue weighted by atomic mass is 79.9. The lowest BCUT2D eigenvalue weighted by Crippen LogP contribution is -2.20. The number of nitrogens with one attached hydrogen (secondary N) is 1. The van der Waals surface area contributed by atoms with Gasteiger partial charge in [0.25, 0.3) is 0 Å². The Balaban J connectivity index is 1.68. The van der Waals surface area contributed by atoms with Crippen LogP contribution in [0.3, 0.4) is 0 Å². The molecule has 0 unspecified atom stereocenters. The Morgan fingerprint density at radius 1 is 1.22 bits per heavy atom. The normalized spacial score (nSPS) is 10.5. The molecule has 1 N–H and O–H groups in total. The van der Waals surface area contributed by atoms with E-state index in [4.69, 9.17) is 0 Å². The maximum atomic E-state index is 12.1. The molecule has 1 aromatic heterocycles. The molecule has 0 spiro atoms. The number of aromatic nitrogens is 4. The standard InChI is InChI=1S/C16H14BrN5O/c1-11-7-8-14(13(17)9-11)18-15(23)10-22-20-16(19-21-22)12-5-3-2-4-6-12/h2-9H,10H2,1H3,(H,18,23). The van der Waals surface area contributed by atoms with Crippen LogP contribution in [0.5, 0.6) is 0 Å². The monoisotopic (exact) mass is 371 g/mol. The van der Waals surface area contributed by atoms with Crippen molar-refractivity contribution in [3.63, 3.8) is 0 Å². The third-order valence-corrected chi connectivity index (χ3v) is 3.82. The number of anilines is 1. The minimum absolute atomic E-state index is 0.000149. The molecule has 0 radical (unpaired) electrons. The molecule has 0 fully saturated rings. The molecule has 6 nitrogen and oxygen atoms in total. The summed E-state index contributed by atoms with van der Waals surface area (Å²) < 4.78 is 0.836. The summed E-state index contributed by atoms with van der Waals surface area (Å²) in [5, 5.41) is 14.9. The van der Waals surface area contributed by atoms with Gasteiger partial charge in [-0.25, -0.2) is 0 Å². The highest BCUT2D eigenvalue weighted by Crippen LogP contribution is 2.23. The summed E-state index contributed by atoms with van der Waals surface area (Å²) in [6.45, 7) is 1.99. The van der Waals surface area contributed by atoms with Crippen LogP contribution in [0.15, 0.2) is 53.0 Å². The van der Waals surface area contributed by atoms with Gasteiger partial charge < -0.3 is 5.32 Å². The number of amides is 1. The third-order valence-electron chi connectivity index (χ3n) is 3.17. The van der Waals surface area contributed by atoms with Crippen LogP contribution in [0.1, 0.15) is 5.56 Å². The van der Waals surface area contributed by atoms with Gasteiger partial charge in [0.1, 0.15) is 6.54 Å². The first-order valence-electron chi connectivity index (χ1n) is 7.01. The number of halogens is 1. The lowest BCUT2D eigenvalue weighted by molar-refractivity contribution is -0.117. The molecule has 0 aliphatic heterocycles. The molecule has 7 heteroatoms. The van der Waals surface area contributed by atoms with Gasteiger partial charge in [-0.1, -0.05) is 36.4 Å². The number of carbonyl (C=O) groups excluding carboxylic acids is 1. The number of hydrogen-bond donors (Lipinski definition) is 1. The first-order chi connectivity index (χ1) is 11.1. The molecule has 3 aromatic rings. The summed E-state index contributed by atoms with van der Waals surface area (Å²) in [4.78, 5) is 13.4. The van der Waals surface area contributed by atoms with E-state index in [0.717, 1.165) is 15.6 Å². The lowest BCUT2D eigenvalue weighted by atomic mass is 10.2. The largest absolute Gasteiger partial charge is 0.323 e. The van der Waals surface area contributed by atoms with Gasteiger partial charge in [0.05, 0.1) is 5.69 Å². The van der Waals surface area contributed by atoms with Gasteiger partial charge in [0.2, 0.25) is 11.7 Å². The van der Waals surface area contributed by atoms with Gasteiger partial charge in [-0.3, -0.25) is 4.79 Å². The molecule has 2 aromatic carbocycles. The average Bonchev–Trinajstić information content (AvgIpc) is 2.99. The maximum Gasteiger partial charge on any atom is 0.248 e. The molecular formula is C16H14BrN5O. The Labute approximate surface area is 141 Å². The van der Waals surface area contributed by atoms with Gasteiger partial charge >= 0.3 is 0 Å². The minimum Gasteiger partial charge on any atom is -0.323 e. The fourth-order valence-corrected chi connectivity index (χ4v) is 2.65. The number of tetrazole rings is 1. The Morgan fingerprint density at radius 3 is 2.74 bits per heavy atom. The van der Waals surface area contributed by atoms with Crippen LogP contribution in [0.2, 0.25) is 0 Å². The van der Waals surface area contributed by atoms with Crippen molar-refractivity contribution in [1.29, 1.82) is 0 Å². The van der Waals surface area contributed by atoms with E-state index in [1.165, 1.54) is 4.80 Å². The Kier molecular flexibility index (Phi) is 4.47. The smallest absolute Gasteiger partial charge is 0.248 e. The predicted octanol–water partition coefficient (Wildman–Crippen LogP) is 3.05. The van der Waals surface area contributed by atoms with Crippen LogP contribution in [0.4, 0.5) is 5.69 Å². The van der Waals surface area contributed by atoms with E-state index in [1.807, 2.05) is 55.5 Å². The maximum absolute atomic E-state index is 12.1. The summed E-state index contributed by atoms with van der Waals surface area (Å²) in [6.07, 6.45) is 0. The second kappa shape index (κ2) is 6.70. The van der Waals surface area contributed by atoms with Crippen molar-refractivity contribution in [3.05, 3.63) is 58.6 Å². The highest BCUT2D eigenvalue weighted by Gasteiger charge is 2.10. The zero-order valence-corrected chi connectivity index (χ0v) is 14.0. The van der Waals surface area contributed by atoms with E-state index in [-0.39, 0.29) is 12.5 Å². The van der Waals surface area contributed by atoms with Gasteiger partial charge in [0.15, 0.2) is 0 Å². The van der Waals surface area contributed by atoms with Crippen LogP contribution in [0, 0.1) is 6.92 Å². The van der Waals surface area contributed by atoms with Crippen molar-refractivity contribution in [2.24, 2.45) is 0 Å². The predicted molar refractivity (Wildman–Crippen MR) is 90.8 cm³/mol. The van der Waals surface area contributed by atoms with Gasteiger partial charge in [-0.05, 0) is 45.8 Å². The summed E-state index contributed by atoms with van der Waals surface area (Å²) in [5.41, 5.74) is 2.68. The molecule has 0 saturated carbocycles. The van der Waals surface area contributed by atoms with Gasteiger partial charge in [-0.15, -0.1) is 10.2 Å². The van der Waals surface area contributed by atoms with E-state index in [9.17, 15) is 4.79 Å². The summed E-state index contributed by atoms with van der Waals surface area (Å²) >= 11 is 3.43. The molecule has 0 saturated heterocycles. The second-order valence-corrected chi connectivity index (χ2v) is 5.90. The number of carbonyl (C=O) groups is 1. The summed E-state index contributed by atoms with van der Waals surface area (Å²) in [5.74, 6) is 0.279. The molecule has 0 bridgehead atoms. The molecule has 23 heavy (non-hydrogen) atoms. The number of hydrogen-bond acceptors (Lipinski definition) is 4. The van der Waals surface area contributed by atoms with Gasteiger partial charge in [-0.2, -0.15) is 4.80 Å². The molecule has 1 amide bonds. The van der Waals surface area contributed by atoms with Gasteiger partial charge in [0, 0.05) is 10.0 Å². The SMILES string of the molecule is Cc1ccc(NC(=O)Cn2nnc(-c3ccccc3)n2)c(Br)c1. The Hall–Kier alpha value is -2.54. The molecule has 0 atom stereocenters. The van der Waals surface area contributed by atoms with Crippen LogP contribution >= 0.6 is 15.9 Å². The van der Waals surface area contributed by atoms with Crippen LogP contribution in [-0.2, 0) is 11.3 Å². The zero-order valence-electron chi connectivity index (χ0n) is 12.4. The van der Waals surface area contributed by atoms with Crippen molar-refractivity contribution < 1.29 is 4.79 Å². The van der Waals surface area contributed by atoms with E-state index < -0.39 is 0 Å². The quantitative estimate of drug-likeness (QED) is 0.764. The first-order valence-corrected chi connectivity index (χ1v) is 7.80. The molecule has 3 rings (SSSR count). The molecule has 116 valence electrons. The van der Waals surface area contributed by atoms with Crippen molar-refractivity contribution in [3.8, 4) is 11.4 Å². The molecule has 0 aliphatic rings. The number of nitrogens with zero attached hydrogens (tertiary/aromatic N) is 4. The van der Waals surface area contributed by atoms with Crippen molar-refractivity contribution >= 4 is 27.5 Å². The van der Waals surface area contributed by atoms with Crippen LogP contribution in [-0.4, -0.2) is 26.1 Å². The Bertz CT molecular complexity index is 831. The summed E-state index contributed by atoms with van der Waals surface area (Å²) in [7, 11) is 0. The Morgan fingerprint density at radius 2 is 2.00 bits per heavy atom. The topological polar surface area (TPSA) is 72.7 Å². The first kappa shape index (κ1) is 15.4. The lowest BCUT2D eigenvalue weighted by Gasteiger charge is -2.07. The van der Waals surface area contributed by atoms with Crippen LogP contribution < -0.4 is 5.32 Å². The summed E-state index contributed by atoms with van der Waals surface area (Å²) in [6, 6.07) is 15.2. The highest BCUT2D eigenvalue weighted by molar-refractivity contribution is 9.10.